The first-order valence-corrected chi connectivity index (χ1v) is 9.32. The zero-order valence-corrected chi connectivity index (χ0v) is 14.1. The number of rotatable bonds is 6. The Morgan fingerprint density at radius 1 is 1.67 bits per heavy atom. The van der Waals surface area contributed by atoms with E-state index in [1.807, 2.05) is 6.26 Å². The van der Waals surface area contributed by atoms with E-state index < -0.39 is 0 Å². The predicted octanol–water partition coefficient (Wildman–Crippen LogP) is 1.13. The van der Waals surface area contributed by atoms with Crippen molar-refractivity contribution in [2.24, 2.45) is 5.73 Å². The van der Waals surface area contributed by atoms with Gasteiger partial charge in [0, 0.05) is 30.9 Å². The van der Waals surface area contributed by atoms with E-state index in [4.69, 9.17) is 11.5 Å². The van der Waals surface area contributed by atoms with Crippen LogP contribution in [-0.2, 0) is 0 Å². The maximum absolute atomic E-state index is 12.3. The predicted molar refractivity (Wildman–Crippen MR) is 91.3 cm³/mol. The van der Waals surface area contributed by atoms with E-state index >= 15 is 0 Å². The zero-order chi connectivity index (χ0) is 15.4. The highest BCUT2D eigenvalue weighted by atomic mass is 32.2. The Balaban J connectivity index is 2.06. The highest BCUT2D eigenvalue weighted by molar-refractivity contribution is 7.98. The van der Waals surface area contributed by atoms with Gasteiger partial charge in [-0.05, 0) is 19.1 Å². The largest absolute Gasteiger partial charge is 0.382 e. The SMILES string of the molecule is CCC(CSC)NC(=O)c1sc(N2CCC(N)C2)nc1N. The van der Waals surface area contributed by atoms with Crippen molar-refractivity contribution in [1.82, 2.24) is 10.3 Å². The van der Waals surface area contributed by atoms with Crippen molar-refractivity contribution in [1.29, 1.82) is 0 Å². The molecule has 2 atom stereocenters. The van der Waals surface area contributed by atoms with Gasteiger partial charge in [0.25, 0.3) is 5.91 Å². The fourth-order valence-corrected chi connectivity index (χ4v) is 3.94. The molecule has 0 spiro atoms. The number of carbonyl (C=O) groups excluding carboxylic acids is 1. The molecular formula is C13H23N5OS2. The van der Waals surface area contributed by atoms with Crippen LogP contribution < -0.4 is 21.7 Å². The fraction of sp³-hybridized carbons (Fsp3) is 0.692. The number of hydrogen-bond acceptors (Lipinski definition) is 7. The van der Waals surface area contributed by atoms with Crippen LogP contribution >= 0.6 is 23.1 Å². The van der Waals surface area contributed by atoms with Crippen molar-refractivity contribution in [2.45, 2.75) is 31.8 Å². The number of hydrogen-bond donors (Lipinski definition) is 3. The van der Waals surface area contributed by atoms with E-state index in [0.717, 1.165) is 36.8 Å². The van der Waals surface area contributed by atoms with Gasteiger partial charge in [-0.15, -0.1) is 0 Å². The molecule has 1 aromatic heterocycles. The average Bonchev–Trinajstić information content (AvgIpc) is 3.04. The Hall–Kier alpha value is -0.990. The van der Waals surface area contributed by atoms with E-state index in [2.05, 4.69) is 22.1 Å². The van der Waals surface area contributed by atoms with Crippen LogP contribution in [0.25, 0.3) is 0 Å². The first-order valence-electron chi connectivity index (χ1n) is 7.11. The van der Waals surface area contributed by atoms with Crippen LogP contribution in [0.3, 0.4) is 0 Å². The topological polar surface area (TPSA) is 97.3 Å². The van der Waals surface area contributed by atoms with Gasteiger partial charge in [-0.3, -0.25) is 4.79 Å². The minimum atomic E-state index is -0.124. The van der Waals surface area contributed by atoms with Crippen LogP contribution in [0.5, 0.6) is 0 Å². The van der Waals surface area contributed by atoms with Gasteiger partial charge in [0.2, 0.25) is 0 Å². The van der Waals surface area contributed by atoms with Crippen LogP contribution in [0.15, 0.2) is 0 Å². The molecule has 21 heavy (non-hydrogen) atoms. The lowest BCUT2D eigenvalue weighted by Crippen LogP contribution is -2.36. The van der Waals surface area contributed by atoms with E-state index in [0.29, 0.717) is 10.7 Å². The fourth-order valence-electron chi connectivity index (χ4n) is 2.29. The molecule has 1 saturated heterocycles. The third kappa shape index (κ3) is 4.02. The molecule has 5 N–H and O–H groups in total. The molecule has 8 heteroatoms. The van der Waals surface area contributed by atoms with Gasteiger partial charge >= 0.3 is 0 Å². The number of nitrogens with zero attached hydrogens (tertiary/aromatic N) is 2. The molecule has 2 heterocycles. The summed E-state index contributed by atoms with van der Waals surface area (Å²) in [7, 11) is 0. The summed E-state index contributed by atoms with van der Waals surface area (Å²) in [5.74, 6) is 1.09. The smallest absolute Gasteiger partial charge is 0.265 e. The van der Waals surface area contributed by atoms with Crippen LogP contribution in [0.2, 0.25) is 0 Å². The summed E-state index contributed by atoms with van der Waals surface area (Å²) in [6.07, 6.45) is 3.89. The summed E-state index contributed by atoms with van der Waals surface area (Å²) in [6, 6.07) is 0.344. The number of nitrogen functional groups attached to an aromatic ring is 1. The Morgan fingerprint density at radius 2 is 2.43 bits per heavy atom. The van der Waals surface area contributed by atoms with Crippen LogP contribution in [-0.4, -0.2) is 48.1 Å². The highest BCUT2D eigenvalue weighted by Crippen LogP contribution is 2.30. The summed E-state index contributed by atoms with van der Waals surface area (Å²) in [5.41, 5.74) is 11.8. The van der Waals surface area contributed by atoms with Crippen molar-refractivity contribution >= 4 is 40.0 Å². The number of thiazole rings is 1. The molecule has 1 aliphatic heterocycles. The number of anilines is 2. The zero-order valence-electron chi connectivity index (χ0n) is 12.5. The molecule has 1 fully saturated rings. The van der Waals surface area contributed by atoms with Gasteiger partial charge in [-0.1, -0.05) is 18.3 Å². The lowest BCUT2D eigenvalue weighted by atomic mass is 10.2. The quantitative estimate of drug-likeness (QED) is 0.724. The summed E-state index contributed by atoms with van der Waals surface area (Å²) < 4.78 is 0. The van der Waals surface area contributed by atoms with Crippen LogP contribution in [0.1, 0.15) is 29.4 Å². The third-order valence-corrected chi connectivity index (χ3v) is 5.41. The Kier molecular flexibility index (Phi) is 5.72. The Bertz CT molecular complexity index is 493. The van der Waals surface area contributed by atoms with Gasteiger partial charge < -0.3 is 21.7 Å². The molecule has 2 unspecified atom stereocenters. The van der Waals surface area contributed by atoms with Crippen LogP contribution in [0.4, 0.5) is 10.9 Å². The van der Waals surface area contributed by atoms with Crippen LogP contribution in [0, 0.1) is 0 Å². The second-order valence-electron chi connectivity index (χ2n) is 5.24. The first kappa shape index (κ1) is 16.4. The summed E-state index contributed by atoms with van der Waals surface area (Å²) in [6.45, 7) is 3.71. The second-order valence-corrected chi connectivity index (χ2v) is 7.13. The van der Waals surface area contributed by atoms with Crippen molar-refractivity contribution < 1.29 is 4.79 Å². The normalized spacial score (nSPS) is 19.8. The molecule has 1 amide bonds. The van der Waals surface area contributed by atoms with Crippen molar-refractivity contribution in [2.75, 3.05) is 35.7 Å². The third-order valence-electron chi connectivity index (χ3n) is 3.54. The number of amides is 1. The maximum atomic E-state index is 12.3. The highest BCUT2D eigenvalue weighted by Gasteiger charge is 2.25. The van der Waals surface area contributed by atoms with E-state index in [1.54, 1.807) is 11.8 Å². The lowest BCUT2D eigenvalue weighted by molar-refractivity contribution is 0.0945. The summed E-state index contributed by atoms with van der Waals surface area (Å²) in [5, 5.41) is 3.82. The molecule has 0 aromatic carbocycles. The monoisotopic (exact) mass is 329 g/mol. The summed E-state index contributed by atoms with van der Waals surface area (Å²) >= 11 is 3.07. The molecule has 0 bridgehead atoms. The lowest BCUT2D eigenvalue weighted by Gasteiger charge is -2.15. The molecule has 2 rings (SSSR count). The van der Waals surface area contributed by atoms with Crippen molar-refractivity contribution in [3.05, 3.63) is 4.88 Å². The van der Waals surface area contributed by atoms with Crippen molar-refractivity contribution in [3.63, 3.8) is 0 Å². The minimum Gasteiger partial charge on any atom is -0.382 e. The number of aromatic nitrogens is 1. The van der Waals surface area contributed by atoms with E-state index in [9.17, 15) is 4.79 Å². The van der Waals surface area contributed by atoms with Gasteiger partial charge in [0.15, 0.2) is 5.13 Å². The molecule has 1 aromatic rings. The average molecular weight is 329 g/mol. The Morgan fingerprint density at radius 3 is 3.00 bits per heavy atom. The molecule has 0 saturated carbocycles. The molecule has 6 nitrogen and oxygen atoms in total. The number of nitrogens with one attached hydrogen (secondary N) is 1. The van der Waals surface area contributed by atoms with Gasteiger partial charge in [-0.25, -0.2) is 4.98 Å². The minimum absolute atomic E-state index is 0.124. The molecule has 1 aliphatic rings. The first-order chi connectivity index (χ1) is 10.0. The number of thioether (sulfide) groups is 1. The maximum Gasteiger partial charge on any atom is 0.265 e. The molecule has 0 aliphatic carbocycles. The summed E-state index contributed by atoms with van der Waals surface area (Å²) in [4.78, 5) is 19.3. The number of carbonyl (C=O) groups is 1. The van der Waals surface area contributed by atoms with Crippen molar-refractivity contribution in [3.8, 4) is 0 Å². The second kappa shape index (κ2) is 7.33. The van der Waals surface area contributed by atoms with E-state index in [1.165, 1.54) is 11.3 Å². The molecule has 0 radical (unpaired) electrons. The van der Waals surface area contributed by atoms with Gasteiger partial charge in [0.05, 0.1) is 0 Å². The molecule has 118 valence electrons. The van der Waals surface area contributed by atoms with E-state index in [-0.39, 0.29) is 18.0 Å². The van der Waals surface area contributed by atoms with Gasteiger partial charge in [0.1, 0.15) is 10.7 Å². The van der Waals surface area contributed by atoms with Gasteiger partial charge in [-0.2, -0.15) is 11.8 Å². The molecular weight excluding hydrogens is 306 g/mol. The standard InChI is InChI=1S/C13H23N5OS2/c1-3-9(7-20-2)16-12(19)10-11(15)17-13(21-10)18-5-4-8(14)6-18/h8-9H,3-7,14-15H2,1-2H3,(H,16,19). The Labute approximate surface area is 133 Å². The number of nitrogens with two attached hydrogens (primary N) is 2.